The zero-order chi connectivity index (χ0) is 12.1. The molecule has 1 aromatic heterocycles. The lowest BCUT2D eigenvalue weighted by atomic mass is 9.91. The first-order valence-electron chi connectivity index (χ1n) is 5.48. The van der Waals surface area contributed by atoms with Crippen LogP contribution in [0.15, 0.2) is 24.4 Å². The molecule has 0 bridgehead atoms. The molecule has 17 heavy (non-hydrogen) atoms. The van der Waals surface area contributed by atoms with E-state index in [0.717, 1.165) is 0 Å². The third kappa shape index (κ3) is 2.60. The van der Waals surface area contributed by atoms with Gasteiger partial charge in [-0.05, 0) is 12.1 Å². The number of hydrogen-bond acceptors (Lipinski definition) is 4. The lowest BCUT2D eigenvalue weighted by Gasteiger charge is -2.31. The predicted octanol–water partition coefficient (Wildman–Crippen LogP) is 0.884. The first-order valence-corrected chi connectivity index (χ1v) is 5.48. The van der Waals surface area contributed by atoms with E-state index in [1.165, 1.54) is 0 Å². The number of pyridine rings is 1. The summed E-state index contributed by atoms with van der Waals surface area (Å²) in [6.07, 6.45) is 2.59. The summed E-state index contributed by atoms with van der Waals surface area (Å²) in [4.78, 5) is 15.9. The minimum absolute atomic E-state index is 0.311. The van der Waals surface area contributed by atoms with Crippen LogP contribution in [0, 0.1) is 11.3 Å². The summed E-state index contributed by atoms with van der Waals surface area (Å²) >= 11 is 0. The number of carbonyl (C=O) groups is 1. The second-order valence-electron chi connectivity index (χ2n) is 3.98. The van der Waals surface area contributed by atoms with Crippen LogP contribution in [-0.2, 0) is 4.74 Å². The van der Waals surface area contributed by atoms with Crippen molar-refractivity contribution >= 4 is 5.91 Å². The molecule has 2 heterocycles. The quantitative estimate of drug-likeness (QED) is 0.820. The Hall–Kier alpha value is -1.93. The molecular weight excluding hydrogens is 218 g/mol. The summed E-state index contributed by atoms with van der Waals surface area (Å²) in [6.45, 7) is 0.992. The van der Waals surface area contributed by atoms with Crippen LogP contribution in [-0.4, -0.2) is 29.6 Å². The van der Waals surface area contributed by atoms with Gasteiger partial charge in [-0.25, -0.2) is 0 Å². The van der Waals surface area contributed by atoms with Crippen molar-refractivity contribution in [1.29, 1.82) is 5.26 Å². The number of ether oxygens (including phenoxy) is 1. The van der Waals surface area contributed by atoms with Crippen LogP contribution in [0.1, 0.15) is 23.3 Å². The maximum Gasteiger partial charge on any atom is 0.271 e. The van der Waals surface area contributed by atoms with Crippen LogP contribution < -0.4 is 5.32 Å². The highest BCUT2D eigenvalue weighted by Crippen LogP contribution is 2.20. The van der Waals surface area contributed by atoms with Gasteiger partial charge in [0.2, 0.25) is 0 Å². The fraction of sp³-hybridized carbons (Fsp3) is 0.417. The van der Waals surface area contributed by atoms with E-state index in [0.29, 0.717) is 31.7 Å². The number of hydrogen-bond donors (Lipinski definition) is 1. The zero-order valence-corrected chi connectivity index (χ0v) is 9.35. The maximum absolute atomic E-state index is 11.9. The highest BCUT2D eigenvalue weighted by Gasteiger charge is 2.34. The number of nitrogens with zero attached hydrogens (tertiary/aromatic N) is 2. The second-order valence-corrected chi connectivity index (χ2v) is 3.98. The van der Waals surface area contributed by atoms with E-state index in [1.54, 1.807) is 24.4 Å². The van der Waals surface area contributed by atoms with Gasteiger partial charge in [-0.1, -0.05) is 6.07 Å². The van der Waals surface area contributed by atoms with Gasteiger partial charge < -0.3 is 10.1 Å². The molecule has 1 aromatic rings. The summed E-state index contributed by atoms with van der Waals surface area (Å²) in [6, 6.07) is 7.29. The predicted molar refractivity (Wildman–Crippen MR) is 60.1 cm³/mol. The monoisotopic (exact) mass is 231 g/mol. The smallest absolute Gasteiger partial charge is 0.271 e. The van der Waals surface area contributed by atoms with Crippen molar-refractivity contribution in [2.24, 2.45) is 0 Å². The van der Waals surface area contributed by atoms with Crippen molar-refractivity contribution < 1.29 is 9.53 Å². The SMILES string of the molecule is N#CC1(NC(=O)c2ccccn2)CCOCC1. The number of carbonyl (C=O) groups excluding carboxylic acids is 1. The molecule has 0 saturated carbocycles. The van der Waals surface area contributed by atoms with Crippen LogP contribution in [0.25, 0.3) is 0 Å². The molecular formula is C12H13N3O2. The Bertz CT molecular complexity index is 433. The minimum Gasteiger partial charge on any atom is -0.381 e. The van der Waals surface area contributed by atoms with Crippen molar-refractivity contribution in [3.63, 3.8) is 0 Å². The number of nitriles is 1. The highest BCUT2D eigenvalue weighted by atomic mass is 16.5. The van der Waals surface area contributed by atoms with Gasteiger partial charge in [0.05, 0.1) is 6.07 Å². The Morgan fingerprint density at radius 1 is 1.47 bits per heavy atom. The molecule has 2 rings (SSSR count). The van der Waals surface area contributed by atoms with E-state index >= 15 is 0 Å². The van der Waals surface area contributed by atoms with Gasteiger partial charge in [0.1, 0.15) is 11.2 Å². The molecule has 0 radical (unpaired) electrons. The Kier molecular flexibility index (Phi) is 3.35. The maximum atomic E-state index is 11.9. The molecule has 0 unspecified atom stereocenters. The summed E-state index contributed by atoms with van der Waals surface area (Å²) in [5.74, 6) is -0.311. The van der Waals surface area contributed by atoms with Gasteiger partial charge in [-0.3, -0.25) is 9.78 Å². The van der Waals surface area contributed by atoms with Crippen molar-refractivity contribution in [2.75, 3.05) is 13.2 Å². The lowest BCUT2D eigenvalue weighted by molar-refractivity contribution is 0.0529. The first-order chi connectivity index (χ1) is 8.26. The lowest BCUT2D eigenvalue weighted by Crippen LogP contribution is -2.51. The van der Waals surface area contributed by atoms with E-state index in [4.69, 9.17) is 4.74 Å². The Morgan fingerprint density at radius 2 is 2.24 bits per heavy atom. The summed E-state index contributed by atoms with van der Waals surface area (Å²) in [5.41, 5.74) is -0.485. The number of aromatic nitrogens is 1. The van der Waals surface area contributed by atoms with Crippen LogP contribution in [0.4, 0.5) is 0 Å². The second kappa shape index (κ2) is 4.93. The highest BCUT2D eigenvalue weighted by molar-refractivity contribution is 5.93. The van der Waals surface area contributed by atoms with Gasteiger partial charge in [0.15, 0.2) is 0 Å². The van der Waals surface area contributed by atoms with Crippen LogP contribution in [0.3, 0.4) is 0 Å². The van der Waals surface area contributed by atoms with Gasteiger partial charge in [-0.15, -0.1) is 0 Å². The van der Waals surface area contributed by atoms with Gasteiger partial charge >= 0.3 is 0 Å². The standard InChI is InChI=1S/C12H13N3O2/c13-9-12(4-7-17-8-5-12)15-11(16)10-3-1-2-6-14-10/h1-3,6H,4-5,7-8H2,(H,15,16). The molecule has 1 saturated heterocycles. The number of nitrogens with one attached hydrogen (secondary N) is 1. The molecule has 88 valence electrons. The van der Waals surface area contributed by atoms with Gasteiger partial charge in [-0.2, -0.15) is 5.26 Å². The summed E-state index contributed by atoms with van der Waals surface area (Å²) in [7, 11) is 0. The van der Waals surface area contributed by atoms with Crippen molar-refractivity contribution in [3.05, 3.63) is 30.1 Å². The number of rotatable bonds is 2. The van der Waals surface area contributed by atoms with Crippen molar-refractivity contribution in [1.82, 2.24) is 10.3 Å². The molecule has 0 aliphatic carbocycles. The van der Waals surface area contributed by atoms with Crippen LogP contribution >= 0.6 is 0 Å². The Balaban J connectivity index is 2.10. The average molecular weight is 231 g/mol. The van der Waals surface area contributed by atoms with E-state index in [9.17, 15) is 10.1 Å². The van der Waals surface area contributed by atoms with E-state index < -0.39 is 5.54 Å². The average Bonchev–Trinajstić information content (AvgIpc) is 2.41. The van der Waals surface area contributed by atoms with Crippen molar-refractivity contribution in [3.8, 4) is 6.07 Å². The Labute approximate surface area is 99.4 Å². The third-order valence-corrected chi connectivity index (χ3v) is 2.81. The number of amides is 1. The van der Waals surface area contributed by atoms with Crippen LogP contribution in [0.2, 0.25) is 0 Å². The minimum atomic E-state index is -0.813. The van der Waals surface area contributed by atoms with Crippen LogP contribution in [0.5, 0.6) is 0 Å². The van der Waals surface area contributed by atoms with Crippen molar-refractivity contribution in [2.45, 2.75) is 18.4 Å². The molecule has 1 amide bonds. The molecule has 1 fully saturated rings. The third-order valence-electron chi connectivity index (χ3n) is 2.81. The molecule has 1 aliphatic rings. The topological polar surface area (TPSA) is 75.0 Å². The zero-order valence-electron chi connectivity index (χ0n) is 9.35. The largest absolute Gasteiger partial charge is 0.381 e. The molecule has 0 aromatic carbocycles. The molecule has 0 atom stereocenters. The fourth-order valence-electron chi connectivity index (χ4n) is 1.76. The molecule has 0 spiro atoms. The normalized spacial score (nSPS) is 18.1. The Morgan fingerprint density at radius 3 is 2.82 bits per heavy atom. The van der Waals surface area contributed by atoms with Gasteiger partial charge in [0, 0.05) is 32.3 Å². The first kappa shape index (κ1) is 11.6. The molecule has 5 nitrogen and oxygen atoms in total. The molecule has 1 aliphatic heterocycles. The van der Waals surface area contributed by atoms with E-state index in [1.807, 2.05) is 0 Å². The summed E-state index contributed by atoms with van der Waals surface area (Å²) in [5, 5.41) is 12.0. The summed E-state index contributed by atoms with van der Waals surface area (Å²) < 4.78 is 5.20. The van der Waals surface area contributed by atoms with E-state index in [2.05, 4.69) is 16.4 Å². The van der Waals surface area contributed by atoms with Gasteiger partial charge in [0.25, 0.3) is 5.91 Å². The molecule has 5 heteroatoms. The fourth-order valence-corrected chi connectivity index (χ4v) is 1.76. The molecule has 1 N–H and O–H groups in total. The van der Waals surface area contributed by atoms with E-state index in [-0.39, 0.29) is 5.91 Å².